The third-order valence-electron chi connectivity index (χ3n) is 12.9. The van der Waals surface area contributed by atoms with E-state index in [1.807, 2.05) is 31.3 Å². The minimum absolute atomic E-state index is 0.102. The fourth-order valence-corrected chi connectivity index (χ4v) is 9.25. The number of carbonyl (C=O) groups excluding carboxylic acids is 8. The number of amides is 9. The number of urea groups is 1. The fraction of sp³-hybridized carbons (Fsp3) is 0.333. The van der Waals surface area contributed by atoms with Crippen molar-refractivity contribution in [3.8, 4) is 5.75 Å². The number of piperazine rings is 1. The molecule has 8 N–H and O–H groups in total. The Morgan fingerprint density at radius 1 is 0.819 bits per heavy atom. The summed E-state index contributed by atoms with van der Waals surface area (Å²) in [5, 5.41) is 16.4. The van der Waals surface area contributed by atoms with Crippen LogP contribution in [-0.4, -0.2) is 145 Å². The predicted octanol–water partition coefficient (Wildman–Crippen LogP) is 4.47. The maximum atomic E-state index is 14.4. The number of carbonyl (C=O) groups is 8. The molecule has 1 saturated heterocycles. The van der Waals surface area contributed by atoms with E-state index >= 15 is 0 Å². The van der Waals surface area contributed by atoms with Crippen molar-refractivity contribution in [2.45, 2.75) is 37.6 Å². The minimum atomic E-state index is -0.718. The van der Waals surface area contributed by atoms with Gasteiger partial charge in [-0.2, -0.15) is 0 Å². The van der Waals surface area contributed by atoms with E-state index in [-0.39, 0.29) is 62.1 Å². The summed E-state index contributed by atoms with van der Waals surface area (Å²) >= 11 is 6.55. The lowest BCUT2D eigenvalue weighted by Crippen LogP contribution is -2.48. The van der Waals surface area contributed by atoms with Gasteiger partial charge in [-0.25, -0.2) is 9.59 Å². The quantitative estimate of drug-likeness (QED) is 0.0345. The van der Waals surface area contributed by atoms with E-state index in [9.17, 15) is 38.4 Å². The summed E-state index contributed by atoms with van der Waals surface area (Å²) in [5.41, 5.74) is 8.95. The van der Waals surface area contributed by atoms with E-state index in [1.165, 1.54) is 12.2 Å². The Morgan fingerprint density at radius 2 is 1.54 bits per heavy atom. The lowest BCUT2D eigenvalue weighted by atomic mass is 9.95. The highest BCUT2D eigenvalue weighted by atomic mass is 35.5. The van der Waals surface area contributed by atoms with Gasteiger partial charge in [0.15, 0.2) is 0 Å². The lowest BCUT2D eigenvalue weighted by molar-refractivity contribution is -0.137. The molecule has 376 valence electrons. The van der Waals surface area contributed by atoms with Crippen molar-refractivity contribution in [1.82, 2.24) is 35.6 Å². The SMILES string of the molecule is CN1CCN(C(=O)Oc2cc3c(c4ccccc24)[C@H](CCl)CN3C(=O)c2cc3cc(NC(=O)c4ccc(NC(=O)[C@H](CCCNC(N)=O)NCCNC(=O)CCCN5C(=O)C=CC5=O)cc4)ccc3[nH]2)CC1. The maximum Gasteiger partial charge on any atom is 0.415 e. The molecule has 9 amide bonds. The van der Waals surface area contributed by atoms with E-state index in [2.05, 4.69) is 36.5 Å². The number of aromatic amines is 1. The number of hydrogen-bond donors (Lipinski definition) is 7. The normalized spacial score (nSPS) is 16.0. The van der Waals surface area contributed by atoms with Crippen molar-refractivity contribution >= 4 is 97.9 Å². The molecule has 5 aromatic rings. The Balaban J connectivity index is 0.873. The highest BCUT2D eigenvalue weighted by Crippen LogP contribution is 2.46. The highest BCUT2D eigenvalue weighted by Gasteiger charge is 2.36. The van der Waals surface area contributed by atoms with E-state index in [0.29, 0.717) is 83.9 Å². The van der Waals surface area contributed by atoms with Crippen LogP contribution < -0.4 is 42.0 Å². The number of H-pyrrole nitrogens is 1. The van der Waals surface area contributed by atoms with Gasteiger partial charge in [0.25, 0.3) is 23.6 Å². The number of nitrogens with one attached hydrogen (secondary N) is 6. The molecule has 2 atom stereocenters. The maximum absolute atomic E-state index is 14.4. The molecule has 8 rings (SSSR count). The average Bonchev–Trinajstić information content (AvgIpc) is 4.07. The second-order valence-corrected chi connectivity index (χ2v) is 18.1. The van der Waals surface area contributed by atoms with Crippen molar-refractivity contribution < 1.29 is 43.1 Å². The molecule has 4 heterocycles. The Bertz CT molecular complexity index is 2920. The third-order valence-corrected chi connectivity index (χ3v) is 13.2. The molecule has 0 unspecified atom stereocenters. The third kappa shape index (κ3) is 12.0. The number of halogens is 1. The molecule has 21 heteroatoms. The molecule has 0 bridgehead atoms. The Labute approximate surface area is 419 Å². The zero-order valence-electron chi connectivity index (χ0n) is 39.6. The number of hydrogen-bond acceptors (Lipinski definition) is 11. The summed E-state index contributed by atoms with van der Waals surface area (Å²) in [4.78, 5) is 112. The molecule has 72 heavy (non-hydrogen) atoms. The van der Waals surface area contributed by atoms with Crippen LogP contribution in [0.25, 0.3) is 21.7 Å². The summed E-state index contributed by atoms with van der Waals surface area (Å²) in [6.07, 6.45) is 3.09. The molecule has 1 fully saturated rings. The molecule has 20 nitrogen and oxygen atoms in total. The number of benzene rings is 4. The van der Waals surface area contributed by atoms with Crippen molar-refractivity contribution in [3.63, 3.8) is 0 Å². The second-order valence-electron chi connectivity index (χ2n) is 17.8. The van der Waals surface area contributed by atoms with Gasteiger partial charge in [-0.3, -0.25) is 33.7 Å². The van der Waals surface area contributed by atoms with E-state index < -0.39 is 35.9 Å². The van der Waals surface area contributed by atoms with Crippen LogP contribution in [0.5, 0.6) is 5.75 Å². The van der Waals surface area contributed by atoms with Crippen molar-refractivity contribution in [1.29, 1.82) is 0 Å². The van der Waals surface area contributed by atoms with Gasteiger partial charge >= 0.3 is 12.1 Å². The zero-order valence-corrected chi connectivity index (χ0v) is 40.4. The number of rotatable bonds is 19. The number of anilines is 3. The molecular formula is C51H56ClN11O9. The smallest absolute Gasteiger partial charge is 0.409 e. The van der Waals surface area contributed by atoms with Gasteiger partial charge < -0.3 is 56.7 Å². The van der Waals surface area contributed by atoms with Crippen LogP contribution in [0, 0.1) is 0 Å². The summed E-state index contributed by atoms with van der Waals surface area (Å²) in [6.45, 7) is 3.72. The first-order chi connectivity index (χ1) is 34.8. The Morgan fingerprint density at radius 3 is 2.26 bits per heavy atom. The molecule has 4 aromatic carbocycles. The number of nitrogens with zero attached hydrogens (tertiary/aromatic N) is 4. The van der Waals surface area contributed by atoms with Gasteiger partial charge in [-0.1, -0.05) is 24.3 Å². The summed E-state index contributed by atoms with van der Waals surface area (Å²) in [7, 11) is 2.01. The first-order valence-corrected chi connectivity index (χ1v) is 24.3. The van der Waals surface area contributed by atoms with Crippen LogP contribution in [0.3, 0.4) is 0 Å². The van der Waals surface area contributed by atoms with Gasteiger partial charge in [0, 0.05) is 129 Å². The Hall–Kier alpha value is -7.81. The molecular weight excluding hydrogens is 946 g/mol. The van der Waals surface area contributed by atoms with E-state index in [4.69, 9.17) is 22.1 Å². The number of primary amides is 1. The Kier molecular flexibility index (Phi) is 16.1. The van der Waals surface area contributed by atoms with Crippen LogP contribution in [0.2, 0.25) is 0 Å². The lowest BCUT2D eigenvalue weighted by Gasteiger charge is -2.31. The number of aromatic nitrogens is 1. The molecule has 0 spiro atoms. The first-order valence-electron chi connectivity index (χ1n) is 23.8. The molecule has 1 aromatic heterocycles. The zero-order chi connectivity index (χ0) is 50.9. The number of nitrogens with two attached hydrogens (primary N) is 1. The number of ether oxygens (including phenoxy) is 1. The van der Waals surface area contributed by atoms with Gasteiger partial charge in [0.1, 0.15) is 11.4 Å². The van der Waals surface area contributed by atoms with E-state index in [1.54, 1.807) is 64.4 Å². The van der Waals surface area contributed by atoms with Gasteiger partial charge in [0.05, 0.1) is 11.7 Å². The van der Waals surface area contributed by atoms with Crippen molar-refractivity contribution in [2.24, 2.45) is 5.73 Å². The van der Waals surface area contributed by atoms with Crippen molar-refractivity contribution in [2.75, 3.05) is 87.4 Å². The molecule has 3 aliphatic heterocycles. The molecule has 0 saturated carbocycles. The average molecular weight is 1000 g/mol. The summed E-state index contributed by atoms with van der Waals surface area (Å²) in [6, 6.07) is 21.3. The summed E-state index contributed by atoms with van der Waals surface area (Å²) < 4.78 is 6.05. The van der Waals surface area contributed by atoms with Crippen molar-refractivity contribution in [3.05, 3.63) is 108 Å². The number of imide groups is 1. The highest BCUT2D eigenvalue weighted by molar-refractivity contribution is 6.19. The molecule has 0 aliphatic carbocycles. The predicted molar refractivity (Wildman–Crippen MR) is 272 cm³/mol. The number of likely N-dealkylation sites (N-methyl/N-ethyl adjacent to an activating group) is 1. The standard InChI is InChI=1S/C51H56ClN11O9/c1-60-22-24-61(25-23-60)51(71)72-42-28-41-46(37-7-3-2-6-36(37)42)33(29-52)30-63(41)49(69)40-27-32-26-35(14-15-38(32)59-40)58-47(67)31-10-12-34(13-11-31)57-48(68)39(8-4-18-56-50(53)70)54-19-20-55-43(64)9-5-21-62-44(65)16-17-45(62)66/h2-3,6-7,10-17,26-28,33,39,54,59H,4-5,8-9,18-25,29-30H2,1H3,(H,55,64)(H,57,68)(H,58,67)(H3,53,56,70)/t33-,39+/m1/s1. The van der Waals surface area contributed by atoms with Crippen LogP contribution >= 0.6 is 11.6 Å². The van der Waals surface area contributed by atoms with Crippen LogP contribution in [0.1, 0.15) is 58.0 Å². The monoisotopic (exact) mass is 1000 g/mol. The van der Waals surface area contributed by atoms with Gasteiger partial charge in [-0.05, 0) is 85.8 Å². The van der Waals surface area contributed by atoms with Crippen LogP contribution in [-0.2, 0) is 19.2 Å². The fourth-order valence-electron chi connectivity index (χ4n) is 9.00. The van der Waals surface area contributed by atoms with Gasteiger partial charge in [0.2, 0.25) is 11.8 Å². The summed E-state index contributed by atoms with van der Waals surface area (Å²) in [5.74, 6) is -1.70. The number of fused-ring (bicyclic) bond motifs is 4. The molecule has 0 radical (unpaired) electrons. The minimum Gasteiger partial charge on any atom is -0.409 e. The van der Waals surface area contributed by atoms with E-state index in [0.717, 1.165) is 34.3 Å². The van der Waals surface area contributed by atoms with Crippen LogP contribution in [0.15, 0.2) is 91.0 Å². The topological polar surface area (TPSA) is 261 Å². The van der Waals surface area contributed by atoms with Crippen LogP contribution in [0.4, 0.5) is 26.7 Å². The van der Waals surface area contributed by atoms with Gasteiger partial charge in [-0.15, -0.1) is 11.6 Å². The first kappa shape index (κ1) is 50.6. The largest absolute Gasteiger partial charge is 0.415 e. The number of alkyl halides is 1. The second kappa shape index (κ2) is 23.0. The molecule has 3 aliphatic rings.